The van der Waals surface area contributed by atoms with Crippen LogP contribution in [0.3, 0.4) is 0 Å². The Kier molecular flexibility index (Phi) is 4.04. The molecule has 7 heteroatoms. The molecular formula is C14H16N2O4S. The van der Waals surface area contributed by atoms with Gasteiger partial charge in [-0.05, 0) is 37.6 Å². The van der Waals surface area contributed by atoms with E-state index in [1.165, 1.54) is 10.5 Å². The van der Waals surface area contributed by atoms with E-state index in [9.17, 15) is 13.2 Å². The molecule has 0 aliphatic carbocycles. The number of anilines is 1. The molecule has 1 heterocycles. The molecule has 1 aromatic carbocycles. The number of aromatic nitrogens is 1. The van der Waals surface area contributed by atoms with Gasteiger partial charge in [0.15, 0.2) is 0 Å². The van der Waals surface area contributed by atoms with Crippen LogP contribution in [0.2, 0.25) is 0 Å². The van der Waals surface area contributed by atoms with Gasteiger partial charge >= 0.3 is 5.97 Å². The zero-order chi connectivity index (χ0) is 15.6. The Bertz CT molecular complexity index is 765. The molecule has 1 aromatic heterocycles. The summed E-state index contributed by atoms with van der Waals surface area (Å²) in [5.74, 6) is -1.20. The Morgan fingerprint density at radius 2 is 2.05 bits per heavy atom. The summed E-state index contributed by atoms with van der Waals surface area (Å²) in [6, 6.07) is 8.26. The number of carbonyl (C=O) groups is 1. The van der Waals surface area contributed by atoms with Crippen molar-refractivity contribution >= 4 is 21.7 Å². The summed E-state index contributed by atoms with van der Waals surface area (Å²) < 4.78 is 26.5. The molecule has 0 saturated heterocycles. The van der Waals surface area contributed by atoms with Crippen LogP contribution in [0.15, 0.2) is 41.4 Å². The molecule has 0 aliphatic rings. The summed E-state index contributed by atoms with van der Waals surface area (Å²) in [6.07, 6.45) is 1.19. The summed E-state index contributed by atoms with van der Waals surface area (Å²) >= 11 is 0. The molecule has 0 fully saturated rings. The second-order valence-electron chi connectivity index (χ2n) is 4.56. The maximum Gasteiger partial charge on any atom is 0.352 e. The smallest absolute Gasteiger partial charge is 0.352 e. The molecule has 0 amide bonds. The van der Waals surface area contributed by atoms with Gasteiger partial charge in [0.2, 0.25) is 0 Å². The molecule has 112 valence electrons. The molecule has 2 N–H and O–H groups in total. The third kappa shape index (κ3) is 2.92. The Hall–Kier alpha value is -2.28. The first-order valence-electron chi connectivity index (χ1n) is 6.37. The van der Waals surface area contributed by atoms with Crippen molar-refractivity contribution in [1.29, 1.82) is 0 Å². The number of nitrogens with one attached hydrogen (secondary N) is 1. The first-order valence-corrected chi connectivity index (χ1v) is 7.81. The lowest BCUT2D eigenvalue weighted by Gasteiger charge is -2.22. The van der Waals surface area contributed by atoms with Crippen LogP contribution in [0.1, 0.15) is 23.0 Å². The van der Waals surface area contributed by atoms with Gasteiger partial charge in [-0.1, -0.05) is 12.1 Å². The predicted octanol–water partition coefficient (Wildman–Crippen LogP) is 2.24. The minimum Gasteiger partial charge on any atom is -0.477 e. The van der Waals surface area contributed by atoms with E-state index in [2.05, 4.69) is 4.98 Å². The topological polar surface area (TPSA) is 90.5 Å². The molecule has 0 spiro atoms. The Balaban J connectivity index is 2.46. The van der Waals surface area contributed by atoms with Crippen molar-refractivity contribution in [3.05, 3.63) is 47.8 Å². The molecule has 2 rings (SSSR count). The number of nitrogens with zero attached hydrogens (tertiary/aromatic N) is 1. The van der Waals surface area contributed by atoms with Gasteiger partial charge in [-0.3, -0.25) is 4.31 Å². The van der Waals surface area contributed by atoms with E-state index >= 15 is 0 Å². The summed E-state index contributed by atoms with van der Waals surface area (Å²) in [5.41, 5.74) is 1.34. The SMILES string of the molecule is CCN(c1cccc(C)c1)S(=O)(=O)c1c[nH]c(C(=O)O)c1. The molecule has 2 aromatic rings. The summed E-state index contributed by atoms with van der Waals surface area (Å²) in [5, 5.41) is 8.87. The van der Waals surface area contributed by atoms with Gasteiger partial charge in [0.1, 0.15) is 10.6 Å². The number of rotatable bonds is 5. The normalized spacial score (nSPS) is 11.3. The van der Waals surface area contributed by atoms with Crippen LogP contribution in [0.25, 0.3) is 0 Å². The fraction of sp³-hybridized carbons (Fsp3) is 0.214. The summed E-state index contributed by atoms with van der Waals surface area (Å²) in [4.78, 5) is 13.2. The Labute approximate surface area is 123 Å². The molecule has 0 saturated carbocycles. The molecule has 0 radical (unpaired) electrons. The van der Waals surface area contributed by atoms with Crippen LogP contribution in [0.5, 0.6) is 0 Å². The first-order chi connectivity index (χ1) is 9.86. The van der Waals surface area contributed by atoms with Gasteiger partial charge in [0.25, 0.3) is 10.0 Å². The minimum absolute atomic E-state index is 0.0664. The summed E-state index contributed by atoms with van der Waals surface area (Å²) in [6.45, 7) is 3.85. The van der Waals surface area contributed by atoms with Crippen LogP contribution in [-0.2, 0) is 10.0 Å². The number of benzene rings is 1. The largest absolute Gasteiger partial charge is 0.477 e. The lowest BCUT2D eigenvalue weighted by Crippen LogP contribution is -2.30. The van der Waals surface area contributed by atoms with Gasteiger partial charge < -0.3 is 10.1 Å². The fourth-order valence-corrected chi connectivity index (χ4v) is 3.51. The Morgan fingerprint density at radius 3 is 2.57 bits per heavy atom. The predicted molar refractivity (Wildman–Crippen MR) is 79.1 cm³/mol. The van der Waals surface area contributed by atoms with Gasteiger partial charge in [-0.25, -0.2) is 13.2 Å². The van der Waals surface area contributed by atoms with Crippen molar-refractivity contribution < 1.29 is 18.3 Å². The maximum atomic E-state index is 12.6. The highest BCUT2D eigenvalue weighted by atomic mass is 32.2. The number of aryl methyl sites for hydroxylation is 1. The second-order valence-corrected chi connectivity index (χ2v) is 6.43. The minimum atomic E-state index is -3.79. The third-order valence-corrected chi connectivity index (χ3v) is 4.93. The van der Waals surface area contributed by atoms with E-state index in [0.29, 0.717) is 5.69 Å². The van der Waals surface area contributed by atoms with Crippen LogP contribution in [-0.4, -0.2) is 31.0 Å². The highest BCUT2D eigenvalue weighted by molar-refractivity contribution is 7.92. The van der Waals surface area contributed by atoms with Gasteiger partial charge in [-0.2, -0.15) is 0 Å². The number of aromatic amines is 1. The highest BCUT2D eigenvalue weighted by Gasteiger charge is 2.25. The van der Waals surface area contributed by atoms with E-state index < -0.39 is 16.0 Å². The third-order valence-electron chi connectivity index (χ3n) is 3.05. The molecule has 0 bridgehead atoms. The quantitative estimate of drug-likeness (QED) is 0.886. The van der Waals surface area contributed by atoms with Crippen LogP contribution < -0.4 is 4.31 Å². The molecule has 21 heavy (non-hydrogen) atoms. The molecular weight excluding hydrogens is 292 g/mol. The number of hydrogen-bond donors (Lipinski definition) is 2. The number of aromatic carboxylic acids is 1. The molecule has 0 unspecified atom stereocenters. The van der Waals surface area contributed by atoms with Crippen molar-refractivity contribution in [3.63, 3.8) is 0 Å². The molecule has 6 nitrogen and oxygen atoms in total. The van der Waals surface area contributed by atoms with E-state index in [-0.39, 0.29) is 17.1 Å². The van der Waals surface area contributed by atoms with Gasteiger partial charge in [-0.15, -0.1) is 0 Å². The average molecular weight is 308 g/mol. The van der Waals surface area contributed by atoms with Crippen molar-refractivity contribution in [2.75, 3.05) is 10.8 Å². The average Bonchev–Trinajstić information content (AvgIpc) is 2.89. The lowest BCUT2D eigenvalue weighted by atomic mass is 10.2. The van der Waals surface area contributed by atoms with Crippen LogP contribution in [0, 0.1) is 6.92 Å². The van der Waals surface area contributed by atoms with Gasteiger partial charge in [0.05, 0.1) is 5.69 Å². The van der Waals surface area contributed by atoms with Crippen molar-refractivity contribution in [3.8, 4) is 0 Å². The molecule has 0 aliphatic heterocycles. The monoisotopic (exact) mass is 308 g/mol. The van der Waals surface area contributed by atoms with Gasteiger partial charge in [0, 0.05) is 12.7 Å². The summed E-state index contributed by atoms with van der Waals surface area (Å²) in [7, 11) is -3.79. The fourth-order valence-electron chi connectivity index (χ4n) is 2.05. The van der Waals surface area contributed by atoms with E-state index in [0.717, 1.165) is 11.6 Å². The second kappa shape index (κ2) is 5.61. The zero-order valence-electron chi connectivity index (χ0n) is 11.7. The van der Waals surface area contributed by atoms with Crippen molar-refractivity contribution in [1.82, 2.24) is 4.98 Å². The highest BCUT2D eigenvalue weighted by Crippen LogP contribution is 2.24. The van der Waals surface area contributed by atoms with Crippen molar-refractivity contribution in [2.45, 2.75) is 18.7 Å². The maximum absolute atomic E-state index is 12.6. The number of sulfonamides is 1. The van der Waals surface area contributed by atoms with E-state index in [4.69, 9.17) is 5.11 Å². The Morgan fingerprint density at radius 1 is 1.33 bits per heavy atom. The zero-order valence-corrected chi connectivity index (χ0v) is 12.5. The van der Waals surface area contributed by atoms with Crippen LogP contribution in [0.4, 0.5) is 5.69 Å². The van der Waals surface area contributed by atoms with Crippen molar-refractivity contribution in [2.24, 2.45) is 0 Å². The number of hydrogen-bond acceptors (Lipinski definition) is 3. The van der Waals surface area contributed by atoms with Crippen LogP contribution >= 0.6 is 0 Å². The number of carboxylic acid groups (broad SMARTS) is 1. The van der Waals surface area contributed by atoms with E-state index in [1.54, 1.807) is 25.1 Å². The van der Waals surface area contributed by atoms with E-state index in [1.807, 2.05) is 13.0 Å². The standard InChI is InChI=1S/C14H16N2O4S/c1-3-16(11-6-4-5-10(2)7-11)21(19,20)12-8-13(14(17)18)15-9-12/h4-9,15H,3H2,1-2H3,(H,17,18). The molecule has 0 atom stereocenters. The number of H-pyrrole nitrogens is 1. The lowest BCUT2D eigenvalue weighted by molar-refractivity contribution is 0.0691. The number of carboxylic acids is 1. The first kappa shape index (κ1) is 15.1.